The zero-order valence-electron chi connectivity index (χ0n) is 9.07. The lowest BCUT2D eigenvalue weighted by Gasteiger charge is -2.38. The smallest absolute Gasteiger partial charge is 0.0767 e. The van der Waals surface area contributed by atoms with Gasteiger partial charge in [0.2, 0.25) is 0 Å². The number of hydrogen-bond donors (Lipinski definition) is 2. The summed E-state index contributed by atoms with van der Waals surface area (Å²) < 4.78 is 0. The average molecular weight is 173 g/mol. The van der Waals surface area contributed by atoms with E-state index in [1.54, 1.807) is 0 Å². The first kappa shape index (κ1) is 11.9. The molecule has 74 valence electrons. The third-order valence-electron chi connectivity index (χ3n) is 2.63. The van der Waals surface area contributed by atoms with Gasteiger partial charge in [-0.3, -0.25) is 0 Å². The monoisotopic (exact) mass is 173 g/mol. The van der Waals surface area contributed by atoms with E-state index in [4.69, 9.17) is 0 Å². The minimum Gasteiger partial charge on any atom is -0.389 e. The van der Waals surface area contributed by atoms with Crippen LogP contribution in [0.25, 0.3) is 0 Å². The van der Waals surface area contributed by atoms with Crippen molar-refractivity contribution in [2.24, 2.45) is 0 Å². The summed E-state index contributed by atoms with van der Waals surface area (Å²) in [5.74, 6) is 0. The second-order valence-electron chi connectivity index (χ2n) is 4.46. The fourth-order valence-corrected chi connectivity index (χ4v) is 0.794. The van der Waals surface area contributed by atoms with E-state index in [9.17, 15) is 5.11 Å². The zero-order valence-corrected chi connectivity index (χ0v) is 9.07. The molecular weight excluding hydrogens is 150 g/mol. The molecule has 2 N–H and O–H groups in total. The van der Waals surface area contributed by atoms with E-state index in [-0.39, 0.29) is 5.54 Å². The minimum atomic E-state index is -0.666. The van der Waals surface area contributed by atoms with Crippen LogP contribution in [-0.2, 0) is 0 Å². The van der Waals surface area contributed by atoms with E-state index < -0.39 is 5.60 Å². The van der Waals surface area contributed by atoms with E-state index in [1.807, 2.05) is 27.7 Å². The van der Waals surface area contributed by atoms with Crippen molar-refractivity contribution in [2.45, 2.75) is 58.6 Å². The third-order valence-corrected chi connectivity index (χ3v) is 2.63. The Labute approximate surface area is 76.4 Å². The molecule has 0 radical (unpaired) electrons. The molecule has 2 nitrogen and oxygen atoms in total. The van der Waals surface area contributed by atoms with Gasteiger partial charge in [-0.15, -0.1) is 0 Å². The zero-order chi connectivity index (χ0) is 9.83. The Morgan fingerprint density at radius 1 is 1.17 bits per heavy atom. The molecule has 0 aromatic heterocycles. The van der Waals surface area contributed by atoms with Crippen molar-refractivity contribution in [1.29, 1.82) is 0 Å². The summed E-state index contributed by atoms with van der Waals surface area (Å²) in [5, 5.41) is 13.1. The Balaban J connectivity index is 3.88. The van der Waals surface area contributed by atoms with Crippen LogP contribution in [0.3, 0.4) is 0 Å². The van der Waals surface area contributed by atoms with E-state index in [1.165, 1.54) is 12.8 Å². The van der Waals surface area contributed by atoms with Crippen molar-refractivity contribution >= 4 is 0 Å². The Morgan fingerprint density at radius 2 is 1.67 bits per heavy atom. The van der Waals surface area contributed by atoms with Crippen molar-refractivity contribution in [3.05, 3.63) is 0 Å². The number of aliphatic hydroxyl groups is 1. The van der Waals surface area contributed by atoms with Gasteiger partial charge < -0.3 is 10.4 Å². The van der Waals surface area contributed by atoms with Gasteiger partial charge >= 0.3 is 0 Å². The molecule has 12 heavy (non-hydrogen) atoms. The van der Waals surface area contributed by atoms with Crippen LogP contribution < -0.4 is 5.32 Å². The molecule has 0 unspecified atom stereocenters. The van der Waals surface area contributed by atoms with Crippen molar-refractivity contribution in [3.8, 4) is 0 Å². The molecule has 0 spiro atoms. The second kappa shape index (κ2) is 4.24. The predicted octanol–water partition coefficient (Wildman–Crippen LogP) is 1.93. The molecule has 0 atom stereocenters. The number of rotatable bonds is 5. The summed E-state index contributed by atoms with van der Waals surface area (Å²) in [4.78, 5) is 0. The van der Waals surface area contributed by atoms with Gasteiger partial charge in [0.15, 0.2) is 0 Å². The van der Waals surface area contributed by atoms with E-state index in [0.29, 0.717) is 0 Å². The Bertz CT molecular complexity index is 124. The molecule has 0 amide bonds. The number of nitrogens with one attached hydrogen (secondary N) is 1. The first-order chi connectivity index (χ1) is 5.31. The quantitative estimate of drug-likeness (QED) is 0.623. The standard InChI is InChI=1S/C10H23NO/c1-6-7-8-11-9(2,3)10(4,5)12/h11-12H,6-8H2,1-5H3. The molecular formula is C10H23NO. The third kappa shape index (κ3) is 3.55. The van der Waals surface area contributed by atoms with Crippen LogP contribution >= 0.6 is 0 Å². The maximum atomic E-state index is 9.78. The second-order valence-corrected chi connectivity index (χ2v) is 4.46. The summed E-state index contributed by atoms with van der Waals surface area (Å²) >= 11 is 0. The van der Waals surface area contributed by atoms with Crippen LogP contribution in [0.2, 0.25) is 0 Å². The van der Waals surface area contributed by atoms with Gasteiger partial charge in [0.1, 0.15) is 0 Å². The van der Waals surface area contributed by atoms with Gasteiger partial charge in [-0.1, -0.05) is 13.3 Å². The summed E-state index contributed by atoms with van der Waals surface area (Å²) in [6, 6.07) is 0. The molecule has 0 aromatic carbocycles. The highest BCUT2D eigenvalue weighted by atomic mass is 16.3. The fourth-order valence-electron chi connectivity index (χ4n) is 0.794. The SMILES string of the molecule is CCCCNC(C)(C)C(C)(C)O. The van der Waals surface area contributed by atoms with E-state index in [2.05, 4.69) is 12.2 Å². The van der Waals surface area contributed by atoms with Gasteiger partial charge in [-0.25, -0.2) is 0 Å². The Hall–Kier alpha value is -0.0800. The van der Waals surface area contributed by atoms with Crippen molar-refractivity contribution in [2.75, 3.05) is 6.54 Å². The van der Waals surface area contributed by atoms with Crippen molar-refractivity contribution in [3.63, 3.8) is 0 Å². The van der Waals surface area contributed by atoms with Crippen LogP contribution in [0, 0.1) is 0 Å². The number of hydrogen-bond acceptors (Lipinski definition) is 2. The Kier molecular flexibility index (Phi) is 4.21. The first-order valence-electron chi connectivity index (χ1n) is 4.78. The van der Waals surface area contributed by atoms with Gasteiger partial charge in [-0.2, -0.15) is 0 Å². The summed E-state index contributed by atoms with van der Waals surface area (Å²) in [7, 11) is 0. The Morgan fingerprint density at radius 3 is 2.00 bits per heavy atom. The molecule has 0 aliphatic heterocycles. The highest BCUT2D eigenvalue weighted by molar-refractivity contribution is 4.92. The molecule has 0 aliphatic carbocycles. The topological polar surface area (TPSA) is 32.3 Å². The highest BCUT2D eigenvalue weighted by Gasteiger charge is 2.33. The van der Waals surface area contributed by atoms with Crippen LogP contribution in [0.1, 0.15) is 47.5 Å². The normalized spacial score (nSPS) is 13.5. The maximum absolute atomic E-state index is 9.78. The highest BCUT2D eigenvalue weighted by Crippen LogP contribution is 2.20. The number of unbranched alkanes of at least 4 members (excludes halogenated alkanes) is 1. The van der Waals surface area contributed by atoms with E-state index >= 15 is 0 Å². The molecule has 0 rings (SSSR count). The minimum absolute atomic E-state index is 0.206. The lowest BCUT2D eigenvalue weighted by molar-refractivity contribution is -0.00436. The van der Waals surface area contributed by atoms with Crippen LogP contribution in [0.4, 0.5) is 0 Å². The molecule has 0 aliphatic rings. The fraction of sp³-hybridized carbons (Fsp3) is 1.00. The molecule has 0 fully saturated rings. The average Bonchev–Trinajstić information content (AvgIpc) is 1.85. The van der Waals surface area contributed by atoms with Crippen molar-refractivity contribution in [1.82, 2.24) is 5.32 Å². The molecule has 0 saturated carbocycles. The lowest BCUT2D eigenvalue weighted by atomic mass is 9.86. The summed E-state index contributed by atoms with van der Waals surface area (Å²) in [5.41, 5.74) is -0.872. The molecule has 0 aromatic rings. The van der Waals surface area contributed by atoms with E-state index in [0.717, 1.165) is 6.54 Å². The van der Waals surface area contributed by atoms with Gasteiger partial charge in [-0.05, 0) is 40.7 Å². The van der Waals surface area contributed by atoms with Crippen LogP contribution in [-0.4, -0.2) is 22.8 Å². The van der Waals surface area contributed by atoms with Crippen LogP contribution in [0.15, 0.2) is 0 Å². The van der Waals surface area contributed by atoms with Gasteiger partial charge in [0.05, 0.1) is 5.60 Å². The van der Waals surface area contributed by atoms with Gasteiger partial charge in [0.25, 0.3) is 0 Å². The molecule has 0 bridgehead atoms. The first-order valence-corrected chi connectivity index (χ1v) is 4.78. The largest absolute Gasteiger partial charge is 0.389 e. The maximum Gasteiger partial charge on any atom is 0.0767 e. The summed E-state index contributed by atoms with van der Waals surface area (Å²) in [6.07, 6.45) is 2.36. The lowest BCUT2D eigenvalue weighted by Crippen LogP contribution is -2.55. The van der Waals surface area contributed by atoms with Gasteiger partial charge in [0, 0.05) is 5.54 Å². The molecule has 0 saturated heterocycles. The summed E-state index contributed by atoms with van der Waals surface area (Å²) in [6.45, 7) is 10.9. The molecule has 2 heteroatoms. The predicted molar refractivity (Wildman–Crippen MR) is 53.3 cm³/mol. The van der Waals surface area contributed by atoms with Crippen molar-refractivity contribution < 1.29 is 5.11 Å². The van der Waals surface area contributed by atoms with Crippen LogP contribution in [0.5, 0.6) is 0 Å². The molecule has 0 heterocycles.